The number of ether oxygens (including phenoxy) is 2. The summed E-state index contributed by atoms with van der Waals surface area (Å²) in [6, 6.07) is 5.65. The molecule has 0 aliphatic heterocycles. The predicted octanol–water partition coefficient (Wildman–Crippen LogP) is 2.62. The van der Waals surface area contributed by atoms with Gasteiger partial charge in [-0.2, -0.15) is 0 Å². The second-order valence-electron chi connectivity index (χ2n) is 5.26. The van der Waals surface area contributed by atoms with E-state index in [9.17, 15) is 8.42 Å². The van der Waals surface area contributed by atoms with Crippen LogP contribution in [0.5, 0.6) is 11.5 Å². The number of methoxy groups -OCH3 is 1. The van der Waals surface area contributed by atoms with E-state index in [0.717, 1.165) is 28.9 Å². The van der Waals surface area contributed by atoms with E-state index in [2.05, 4.69) is 23.6 Å². The Morgan fingerprint density at radius 3 is 2.62 bits per heavy atom. The highest BCUT2D eigenvalue weighted by molar-refractivity contribution is 7.88. The monoisotopic (exact) mass is 370 g/mol. The van der Waals surface area contributed by atoms with Gasteiger partial charge in [0, 0.05) is 17.0 Å². The largest absolute Gasteiger partial charge is 0.493 e. The number of aryl methyl sites for hydroxylation is 2. The highest BCUT2D eigenvalue weighted by atomic mass is 32.2. The minimum Gasteiger partial charge on any atom is -0.493 e. The summed E-state index contributed by atoms with van der Waals surface area (Å²) < 4.78 is 35.5. The number of rotatable bonds is 8. The van der Waals surface area contributed by atoms with Crippen molar-refractivity contribution in [2.45, 2.75) is 20.3 Å². The van der Waals surface area contributed by atoms with Crippen LogP contribution in [0.1, 0.15) is 17.5 Å². The fraction of sp³-hybridized carbons (Fsp3) is 0.438. The molecule has 0 radical (unpaired) electrons. The first kappa shape index (κ1) is 18.7. The molecule has 1 N–H and O–H groups in total. The third-order valence-corrected chi connectivity index (χ3v) is 5.15. The van der Waals surface area contributed by atoms with Crippen LogP contribution in [-0.2, 0) is 16.4 Å². The molecule has 2 rings (SSSR count). The zero-order valence-electron chi connectivity index (χ0n) is 14.3. The van der Waals surface area contributed by atoms with E-state index in [1.54, 1.807) is 18.4 Å². The predicted molar refractivity (Wildman–Crippen MR) is 96.6 cm³/mol. The Kier molecular flexibility index (Phi) is 6.20. The van der Waals surface area contributed by atoms with Crippen molar-refractivity contribution < 1.29 is 17.9 Å². The maximum atomic E-state index is 11.1. The molecule has 0 bridgehead atoms. The first-order valence-corrected chi connectivity index (χ1v) is 10.3. The molecular weight excluding hydrogens is 348 g/mol. The number of nitrogens with zero attached hydrogens (tertiary/aromatic N) is 1. The van der Waals surface area contributed by atoms with E-state index in [0.29, 0.717) is 11.5 Å². The van der Waals surface area contributed by atoms with Crippen LogP contribution >= 0.6 is 11.3 Å². The van der Waals surface area contributed by atoms with Crippen LogP contribution in [0.15, 0.2) is 18.2 Å². The van der Waals surface area contributed by atoms with Gasteiger partial charge in [-0.15, -0.1) is 11.3 Å². The van der Waals surface area contributed by atoms with Gasteiger partial charge in [-0.25, -0.2) is 18.1 Å². The molecule has 1 heterocycles. The Hall–Kier alpha value is -1.64. The SMILES string of the molecule is CCc1nc(-c2ccc(OC)c(OCCNS(C)(=O)=O)c2)sc1C. The van der Waals surface area contributed by atoms with Crippen LogP contribution in [0.2, 0.25) is 0 Å². The Morgan fingerprint density at radius 1 is 1.29 bits per heavy atom. The number of thiazole rings is 1. The molecule has 2 aromatic rings. The molecule has 1 aromatic carbocycles. The van der Waals surface area contributed by atoms with Crippen LogP contribution in [0.25, 0.3) is 10.6 Å². The fourth-order valence-corrected chi connectivity index (χ4v) is 3.64. The topological polar surface area (TPSA) is 77.5 Å². The van der Waals surface area contributed by atoms with Gasteiger partial charge in [0.1, 0.15) is 11.6 Å². The third kappa shape index (κ3) is 4.93. The van der Waals surface area contributed by atoms with Crippen LogP contribution in [0.3, 0.4) is 0 Å². The maximum absolute atomic E-state index is 11.1. The van der Waals surface area contributed by atoms with E-state index in [4.69, 9.17) is 9.47 Å². The van der Waals surface area contributed by atoms with Crippen molar-refractivity contribution in [2.75, 3.05) is 26.5 Å². The van der Waals surface area contributed by atoms with Crippen LogP contribution < -0.4 is 14.2 Å². The number of hydrogen-bond donors (Lipinski definition) is 1. The molecule has 0 aliphatic rings. The highest BCUT2D eigenvalue weighted by Crippen LogP contribution is 2.35. The lowest BCUT2D eigenvalue weighted by atomic mass is 10.2. The molecule has 0 atom stereocenters. The molecular formula is C16H22N2O4S2. The summed E-state index contributed by atoms with van der Waals surface area (Å²) in [5, 5.41) is 0.936. The number of aromatic nitrogens is 1. The van der Waals surface area contributed by atoms with Crippen molar-refractivity contribution in [2.24, 2.45) is 0 Å². The third-order valence-electron chi connectivity index (χ3n) is 3.36. The van der Waals surface area contributed by atoms with Crippen molar-refractivity contribution in [3.8, 4) is 22.1 Å². The van der Waals surface area contributed by atoms with Gasteiger partial charge in [-0.3, -0.25) is 0 Å². The number of sulfonamides is 1. The van der Waals surface area contributed by atoms with Gasteiger partial charge in [0.25, 0.3) is 0 Å². The lowest BCUT2D eigenvalue weighted by Gasteiger charge is -2.12. The molecule has 0 spiro atoms. The molecule has 0 amide bonds. The van der Waals surface area contributed by atoms with Gasteiger partial charge in [0.15, 0.2) is 11.5 Å². The Labute approximate surface area is 146 Å². The van der Waals surface area contributed by atoms with Crippen molar-refractivity contribution in [3.63, 3.8) is 0 Å². The smallest absolute Gasteiger partial charge is 0.208 e. The maximum Gasteiger partial charge on any atom is 0.208 e. The standard InChI is InChI=1S/C16H22N2O4S2/c1-5-13-11(2)23-16(18-13)12-6-7-14(21-3)15(10-12)22-9-8-17-24(4,19)20/h6-7,10,17H,5,8-9H2,1-4H3. The molecule has 0 aliphatic carbocycles. The summed E-state index contributed by atoms with van der Waals surface area (Å²) in [6.07, 6.45) is 2.02. The lowest BCUT2D eigenvalue weighted by Crippen LogP contribution is -2.26. The summed E-state index contributed by atoms with van der Waals surface area (Å²) in [4.78, 5) is 5.87. The molecule has 0 saturated carbocycles. The zero-order chi connectivity index (χ0) is 17.7. The van der Waals surface area contributed by atoms with E-state index in [1.807, 2.05) is 18.2 Å². The minimum atomic E-state index is -3.22. The quantitative estimate of drug-likeness (QED) is 0.723. The van der Waals surface area contributed by atoms with Crippen LogP contribution in [-0.4, -0.2) is 39.9 Å². The van der Waals surface area contributed by atoms with Gasteiger partial charge in [-0.1, -0.05) is 6.92 Å². The van der Waals surface area contributed by atoms with E-state index >= 15 is 0 Å². The van der Waals surface area contributed by atoms with Crippen molar-refractivity contribution in [1.82, 2.24) is 9.71 Å². The summed E-state index contributed by atoms with van der Waals surface area (Å²) >= 11 is 1.65. The van der Waals surface area contributed by atoms with E-state index < -0.39 is 10.0 Å². The average molecular weight is 370 g/mol. The van der Waals surface area contributed by atoms with Gasteiger partial charge in [-0.05, 0) is 31.5 Å². The minimum absolute atomic E-state index is 0.197. The molecule has 1 aromatic heterocycles. The van der Waals surface area contributed by atoms with Crippen LogP contribution in [0, 0.1) is 6.92 Å². The van der Waals surface area contributed by atoms with E-state index in [1.165, 1.54) is 4.88 Å². The van der Waals surface area contributed by atoms with Gasteiger partial charge in [0.2, 0.25) is 10.0 Å². The number of benzene rings is 1. The van der Waals surface area contributed by atoms with Crippen molar-refractivity contribution >= 4 is 21.4 Å². The molecule has 0 fully saturated rings. The normalized spacial score (nSPS) is 11.5. The molecule has 24 heavy (non-hydrogen) atoms. The van der Waals surface area contributed by atoms with Gasteiger partial charge >= 0.3 is 0 Å². The first-order chi connectivity index (χ1) is 11.3. The average Bonchev–Trinajstić information content (AvgIpc) is 2.91. The van der Waals surface area contributed by atoms with Crippen molar-refractivity contribution in [3.05, 3.63) is 28.8 Å². The fourth-order valence-electron chi connectivity index (χ4n) is 2.19. The second kappa shape index (κ2) is 7.96. The Balaban J connectivity index is 2.17. The Bertz CT molecular complexity index is 800. The zero-order valence-corrected chi connectivity index (χ0v) is 15.9. The summed E-state index contributed by atoms with van der Waals surface area (Å²) in [7, 11) is -1.65. The molecule has 132 valence electrons. The number of hydrogen-bond acceptors (Lipinski definition) is 6. The summed E-state index contributed by atoms with van der Waals surface area (Å²) in [5.74, 6) is 1.17. The molecule has 0 saturated heterocycles. The lowest BCUT2D eigenvalue weighted by molar-refractivity contribution is 0.299. The highest BCUT2D eigenvalue weighted by Gasteiger charge is 2.12. The van der Waals surface area contributed by atoms with Gasteiger partial charge in [0.05, 0.1) is 19.1 Å². The number of nitrogens with one attached hydrogen (secondary N) is 1. The van der Waals surface area contributed by atoms with Gasteiger partial charge < -0.3 is 9.47 Å². The van der Waals surface area contributed by atoms with Crippen LogP contribution in [0.4, 0.5) is 0 Å². The molecule has 0 unspecified atom stereocenters. The summed E-state index contributed by atoms with van der Waals surface area (Å²) in [5.41, 5.74) is 2.06. The Morgan fingerprint density at radius 2 is 2.04 bits per heavy atom. The molecule has 6 nitrogen and oxygen atoms in total. The summed E-state index contributed by atoms with van der Waals surface area (Å²) in [6.45, 7) is 4.56. The molecule has 8 heteroatoms. The van der Waals surface area contributed by atoms with E-state index in [-0.39, 0.29) is 13.2 Å². The second-order valence-corrected chi connectivity index (χ2v) is 8.29. The first-order valence-electron chi connectivity index (χ1n) is 7.56. The van der Waals surface area contributed by atoms with Crippen molar-refractivity contribution in [1.29, 1.82) is 0 Å².